The zero-order valence-corrected chi connectivity index (χ0v) is 11.6. The first-order chi connectivity index (χ1) is 10.4. The molecular formula is C13H8F3N3O2S. The van der Waals surface area contributed by atoms with Crippen molar-refractivity contribution in [2.45, 2.75) is 12.3 Å². The summed E-state index contributed by atoms with van der Waals surface area (Å²) in [7, 11) is 0. The van der Waals surface area contributed by atoms with E-state index in [-0.39, 0.29) is 5.82 Å². The zero-order chi connectivity index (χ0) is 15.7. The Morgan fingerprint density at radius 3 is 2.45 bits per heavy atom. The Labute approximate surface area is 126 Å². The third kappa shape index (κ3) is 2.85. The van der Waals surface area contributed by atoms with Crippen LogP contribution in [-0.2, 0) is 6.18 Å². The predicted molar refractivity (Wildman–Crippen MR) is 70.9 cm³/mol. The van der Waals surface area contributed by atoms with Gasteiger partial charge in [-0.1, -0.05) is 29.4 Å². The summed E-state index contributed by atoms with van der Waals surface area (Å²) in [6.45, 7) is 0. The molecule has 9 heteroatoms. The molecule has 3 rings (SSSR count). The van der Waals surface area contributed by atoms with Crippen molar-refractivity contribution in [3.8, 4) is 11.4 Å². The van der Waals surface area contributed by atoms with Crippen LogP contribution in [0.3, 0.4) is 0 Å². The van der Waals surface area contributed by atoms with Crippen LogP contribution in [0.2, 0.25) is 0 Å². The van der Waals surface area contributed by atoms with E-state index < -0.39 is 18.2 Å². The summed E-state index contributed by atoms with van der Waals surface area (Å²) in [6, 6.07) is 6.16. The number of aromatic nitrogens is 3. The molecule has 0 amide bonds. The molecule has 0 radical (unpaired) electrons. The number of nitrogens with zero attached hydrogens (tertiary/aromatic N) is 3. The first-order valence-electron chi connectivity index (χ1n) is 6.02. The molecule has 2 heterocycles. The van der Waals surface area contributed by atoms with Gasteiger partial charge in [0, 0.05) is 10.9 Å². The lowest BCUT2D eigenvalue weighted by atomic mass is 10.1. The van der Waals surface area contributed by atoms with Crippen molar-refractivity contribution < 1.29 is 22.8 Å². The molecule has 0 saturated heterocycles. The molecule has 5 nitrogen and oxygen atoms in total. The summed E-state index contributed by atoms with van der Waals surface area (Å²) in [5.74, 6) is -1.56. The highest BCUT2D eigenvalue weighted by molar-refractivity contribution is 7.07. The Bertz CT molecular complexity index is 754. The Kier molecular flexibility index (Phi) is 3.67. The van der Waals surface area contributed by atoms with Crippen molar-refractivity contribution in [1.82, 2.24) is 15.1 Å². The van der Waals surface area contributed by atoms with E-state index in [1.165, 1.54) is 23.5 Å². The largest absolute Gasteiger partial charge is 0.471 e. The van der Waals surface area contributed by atoms with Crippen molar-refractivity contribution in [2.24, 2.45) is 0 Å². The number of aliphatic hydroxyl groups excluding tert-OH is 1. The minimum Gasteiger partial charge on any atom is -0.382 e. The number of hydrogen-bond donors (Lipinski definition) is 1. The lowest BCUT2D eigenvalue weighted by molar-refractivity contribution is -0.159. The molecule has 0 aliphatic rings. The maximum absolute atomic E-state index is 12.4. The van der Waals surface area contributed by atoms with Crippen LogP contribution in [0.5, 0.6) is 0 Å². The van der Waals surface area contributed by atoms with Crippen molar-refractivity contribution >= 4 is 11.3 Å². The lowest BCUT2D eigenvalue weighted by Gasteiger charge is -2.08. The third-order valence-electron chi connectivity index (χ3n) is 2.88. The van der Waals surface area contributed by atoms with Crippen LogP contribution < -0.4 is 0 Å². The monoisotopic (exact) mass is 327 g/mol. The number of benzene rings is 1. The SMILES string of the molecule is OC(c1ccc(-c2noc(C(F)(F)F)n2)cc1)c1cscn1. The van der Waals surface area contributed by atoms with Crippen molar-refractivity contribution in [2.75, 3.05) is 0 Å². The fraction of sp³-hybridized carbons (Fsp3) is 0.154. The Hall–Kier alpha value is -2.26. The zero-order valence-electron chi connectivity index (χ0n) is 10.8. The van der Waals surface area contributed by atoms with E-state index in [0.29, 0.717) is 16.8 Å². The summed E-state index contributed by atoms with van der Waals surface area (Å²) in [4.78, 5) is 7.31. The first-order valence-corrected chi connectivity index (χ1v) is 6.97. The fourth-order valence-corrected chi connectivity index (χ4v) is 2.37. The molecule has 0 aliphatic heterocycles. The first kappa shape index (κ1) is 14.7. The minimum absolute atomic E-state index is 0.165. The van der Waals surface area contributed by atoms with Crippen LogP contribution in [0, 0.1) is 0 Å². The molecule has 1 aromatic carbocycles. The van der Waals surface area contributed by atoms with Gasteiger partial charge in [0.1, 0.15) is 6.10 Å². The highest BCUT2D eigenvalue weighted by atomic mass is 32.1. The van der Waals surface area contributed by atoms with Gasteiger partial charge in [-0.15, -0.1) is 11.3 Å². The second-order valence-electron chi connectivity index (χ2n) is 4.36. The molecule has 0 spiro atoms. The van der Waals surface area contributed by atoms with Gasteiger partial charge in [-0.05, 0) is 5.56 Å². The molecule has 22 heavy (non-hydrogen) atoms. The fourth-order valence-electron chi connectivity index (χ4n) is 1.80. The van der Waals surface area contributed by atoms with E-state index in [4.69, 9.17) is 0 Å². The van der Waals surface area contributed by atoms with Gasteiger partial charge in [-0.2, -0.15) is 18.2 Å². The van der Waals surface area contributed by atoms with Gasteiger partial charge >= 0.3 is 12.1 Å². The average Bonchev–Trinajstić information content (AvgIpc) is 3.17. The van der Waals surface area contributed by atoms with Gasteiger partial charge in [0.15, 0.2) is 0 Å². The van der Waals surface area contributed by atoms with Crippen molar-refractivity contribution in [3.63, 3.8) is 0 Å². The van der Waals surface area contributed by atoms with Gasteiger partial charge in [-0.3, -0.25) is 0 Å². The van der Waals surface area contributed by atoms with E-state index in [1.54, 1.807) is 23.0 Å². The highest BCUT2D eigenvalue weighted by Gasteiger charge is 2.38. The Balaban J connectivity index is 1.84. The average molecular weight is 327 g/mol. The topological polar surface area (TPSA) is 72.0 Å². The maximum Gasteiger partial charge on any atom is 0.471 e. The van der Waals surface area contributed by atoms with Crippen LogP contribution >= 0.6 is 11.3 Å². The van der Waals surface area contributed by atoms with E-state index >= 15 is 0 Å². The molecule has 2 aromatic heterocycles. The molecule has 1 atom stereocenters. The van der Waals surface area contributed by atoms with E-state index in [0.717, 1.165) is 0 Å². The number of thiazole rings is 1. The standard InChI is InChI=1S/C13H8F3N3O2S/c14-13(15,16)12-18-11(19-21-12)8-3-1-7(2-4-8)10(20)9-5-22-6-17-9/h1-6,10,20H. The van der Waals surface area contributed by atoms with Gasteiger partial charge in [0.05, 0.1) is 11.2 Å². The minimum atomic E-state index is -4.67. The quantitative estimate of drug-likeness (QED) is 0.799. The van der Waals surface area contributed by atoms with Crippen LogP contribution in [-0.4, -0.2) is 20.2 Å². The Morgan fingerprint density at radius 1 is 1.18 bits per heavy atom. The van der Waals surface area contributed by atoms with Gasteiger partial charge in [0.2, 0.25) is 5.82 Å². The normalized spacial score (nSPS) is 13.3. The number of alkyl halides is 3. The van der Waals surface area contributed by atoms with Crippen molar-refractivity contribution in [3.05, 3.63) is 52.3 Å². The van der Waals surface area contributed by atoms with Gasteiger partial charge in [0.25, 0.3) is 0 Å². The Morgan fingerprint density at radius 2 is 1.91 bits per heavy atom. The molecule has 0 saturated carbocycles. The second-order valence-corrected chi connectivity index (χ2v) is 5.08. The summed E-state index contributed by atoms with van der Waals surface area (Å²) >= 11 is 1.36. The summed E-state index contributed by atoms with van der Waals surface area (Å²) < 4.78 is 41.4. The van der Waals surface area contributed by atoms with E-state index in [2.05, 4.69) is 19.6 Å². The van der Waals surface area contributed by atoms with Crippen LogP contribution in [0.25, 0.3) is 11.4 Å². The molecule has 0 bridgehead atoms. The van der Waals surface area contributed by atoms with Crippen molar-refractivity contribution in [1.29, 1.82) is 0 Å². The van der Waals surface area contributed by atoms with Gasteiger partial charge in [-0.25, -0.2) is 4.98 Å². The van der Waals surface area contributed by atoms with E-state index in [9.17, 15) is 18.3 Å². The maximum atomic E-state index is 12.4. The molecular weight excluding hydrogens is 319 g/mol. The summed E-state index contributed by atoms with van der Waals surface area (Å²) in [6.07, 6.45) is -5.57. The van der Waals surface area contributed by atoms with Crippen LogP contribution in [0.1, 0.15) is 23.3 Å². The molecule has 114 valence electrons. The smallest absolute Gasteiger partial charge is 0.382 e. The number of rotatable bonds is 3. The van der Waals surface area contributed by atoms with E-state index in [1.807, 2.05) is 0 Å². The highest BCUT2D eigenvalue weighted by Crippen LogP contribution is 2.30. The second kappa shape index (κ2) is 5.50. The third-order valence-corrected chi connectivity index (χ3v) is 3.49. The molecule has 3 aromatic rings. The number of aliphatic hydroxyl groups is 1. The number of halogens is 3. The lowest BCUT2D eigenvalue weighted by Crippen LogP contribution is -2.04. The molecule has 1 unspecified atom stereocenters. The number of hydrogen-bond acceptors (Lipinski definition) is 6. The van der Waals surface area contributed by atoms with Gasteiger partial charge < -0.3 is 9.63 Å². The molecule has 0 aliphatic carbocycles. The molecule has 0 fully saturated rings. The summed E-state index contributed by atoms with van der Waals surface area (Å²) in [5, 5.41) is 15.1. The summed E-state index contributed by atoms with van der Waals surface area (Å²) in [5.41, 5.74) is 3.03. The molecule has 1 N–H and O–H groups in total. The van der Waals surface area contributed by atoms with Crippen LogP contribution in [0.15, 0.2) is 39.7 Å². The predicted octanol–water partition coefficient (Wildman–Crippen LogP) is 3.29. The van der Waals surface area contributed by atoms with Crippen LogP contribution in [0.4, 0.5) is 13.2 Å².